The summed E-state index contributed by atoms with van der Waals surface area (Å²) in [5.41, 5.74) is 1.04. The third-order valence-electron chi connectivity index (χ3n) is 2.98. The van der Waals surface area contributed by atoms with Crippen molar-refractivity contribution < 1.29 is 5.11 Å². The predicted octanol–water partition coefficient (Wildman–Crippen LogP) is 1.06. The first-order valence-electron chi connectivity index (χ1n) is 5.28. The van der Waals surface area contributed by atoms with Crippen LogP contribution in [0, 0.1) is 5.92 Å². The maximum Gasteiger partial charge on any atom is 0.0844 e. The van der Waals surface area contributed by atoms with E-state index in [1.54, 1.807) is 0 Å². The Hall–Kier alpha value is -0.800. The number of hydrogen-bond acceptors (Lipinski definition) is 2. The lowest BCUT2D eigenvalue weighted by Crippen LogP contribution is -2.33. The molecule has 2 atom stereocenters. The topological polar surface area (TPSA) is 37.2 Å². The lowest BCUT2D eigenvalue weighted by molar-refractivity contribution is 0.0922. The van der Waals surface area contributed by atoms with Crippen LogP contribution in [0.15, 0.2) is 18.5 Å². The van der Waals surface area contributed by atoms with E-state index in [0.29, 0.717) is 5.92 Å². The summed E-state index contributed by atoms with van der Waals surface area (Å²) in [6.07, 6.45) is 5.98. The van der Waals surface area contributed by atoms with Crippen LogP contribution in [0.2, 0.25) is 0 Å². The van der Waals surface area contributed by atoms with Gasteiger partial charge in [0.25, 0.3) is 0 Å². The summed E-state index contributed by atoms with van der Waals surface area (Å²) < 4.78 is 1.98. The Bertz CT molecular complexity index is 289. The van der Waals surface area contributed by atoms with Gasteiger partial charge in [-0.25, -0.2) is 0 Å². The van der Waals surface area contributed by atoms with Crippen molar-refractivity contribution in [1.29, 1.82) is 0 Å². The molecule has 0 radical (unpaired) electrons. The number of piperidine rings is 1. The smallest absolute Gasteiger partial charge is 0.0844 e. The van der Waals surface area contributed by atoms with E-state index >= 15 is 0 Å². The molecule has 2 rings (SSSR count). The molecular formula is C11H18N2O. The van der Waals surface area contributed by atoms with E-state index in [9.17, 15) is 5.11 Å². The third kappa shape index (κ3) is 1.99. The van der Waals surface area contributed by atoms with Crippen LogP contribution in [0.25, 0.3) is 0 Å². The second-order valence-electron chi connectivity index (χ2n) is 4.16. The van der Waals surface area contributed by atoms with E-state index in [-0.39, 0.29) is 6.10 Å². The van der Waals surface area contributed by atoms with Gasteiger partial charge >= 0.3 is 0 Å². The number of aliphatic hydroxyl groups excluding tert-OH is 1. The number of aryl methyl sites for hydroxylation is 1. The van der Waals surface area contributed by atoms with Crippen molar-refractivity contribution in [2.45, 2.75) is 18.9 Å². The zero-order chi connectivity index (χ0) is 9.97. The quantitative estimate of drug-likeness (QED) is 0.738. The molecule has 2 heterocycles. The average molecular weight is 194 g/mol. The molecule has 78 valence electrons. The van der Waals surface area contributed by atoms with E-state index in [4.69, 9.17) is 0 Å². The van der Waals surface area contributed by atoms with Crippen LogP contribution in [0.3, 0.4) is 0 Å². The minimum absolute atomic E-state index is 0.302. The van der Waals surface area contributed by atoms with Crippen LogP contribution in [-0.4, -0.2) is 22.8 Å². The molecule has 0 saturated carbocycles. The molecule has 0 spiro atoms. The summed E-state index contributed by atoms with van der Waals surface area (Å²) in [6.45, 7) is 2.04. The first-order chi connectivity index (χ1) is 6.77. The molecule has 1 aromatic rings. The summed E-state index contributed by atoms with van der Waals surface area (Å²) in [7, 11) is 1.98. The summed E-state index contributed by atoms with van der Waals surface area (Å²) in [5.74, 6) is 0.381. The molecule has 0 amide bonds. The van der Waals surface area contributed by atoms with Gasteiger partial charge in [0.2, 0.25) is 0 Å². The molecule has 1 aliphatic heterocycles. The zero-order valence-corrected chi connectivity index (χ0v) is 8.61. The van der Waals surface area contributed by atoms with Gasteiger partial charge in [-0.15, -0.1) is 0 Å². The Morgan fingerprint density at radius 3 is 3.07 bits per heavy atom. The molecule has 2 N–H and O–H groups in total. The van der Waals surface area contributed by atoms with E-state index in [1.165, 1.54) is 6.42 Å². The molecule has 1 aromatic heterocycles. The lowest BCUT2D eigenvalue weighted by atomic mass is 9.91. The monoisotopic (exact) mass is 194 g/mol. The normalized spacial score (nSPS) is 24.9. The van der Waals surface area contributed by atoms with Crippen molar-refractivity contribution in [3.05, 3.63) is 24.0 Å². The number of rotatable bonds is 2. The largest absolute Gasteiger partial charge is 0.388 e. The van der Waals surface area contributed by atoms with E-state index < -0.39 is 0 Å². The maximum atomic E-state index is 10.1. The van der Waals surface area contributed by atoms with Gasteiger partial charge in [-0.2, -0.15) is 0 Å². The van der Waals surface area contributed by atoms with Gasteiger partial charge in [-0.05, 0) is 31.0 Å². The molecule has 2 unspecified atom stereocenters. The number of aliphatic hydroxyl groups is 1. The minimum atomic E-state index is -0.302. The van der Waals surface area contributed by atoms with Crippen molar-refractivity contribution in [2.24, 2.45) is 13.0 Å². The molecule has 3 nitrogen and oxygen atoms in total. The first kappa shape index (κ1) is 9.74. The lowest BCUT2D eigenvalue weighted by Gasteiger charge is -2.26. The minimum Gasteiger partial charge on any atom is -0.388 e. The van der Waals surface area contributed by atoms with Crippen molar-refractivity contribution in [3.8, 4) is 0 Å². The number of aromatic nitrogens is 1. The van der Waals surface area contributed by atoms with Crippen molar-refractivity contribution in [2.75, 3.05) is 13.1 Å². The predicted molar refractivity (Wildman–Crippen MR) is 56.0 cm³/mol. The van der Waals surface area contributed by atoms with Crippen LogP contribution < -0.4 is 5.32 Å². The van der Waals surface area contributed by atoms with Crippen LogP contribution in [0.4, 0.5) is 0 Å². The standard InChI is InChI=1S/C11H18N2O/c1-13-6-4-10(8-13)11(14)9-3-2-5-12-7-9/h4,6,8-9,11-12,14H,2-3,5,7H2,1H3. The van der Waals surface area contributed by atoms with Crippen LogP contribution >= 0.6 is 0 Å². The zero-order valence-electron chi connectivity index (χ0n) is 8.61. The Morgan fingerprint density at radius 2 is 2.50 bits per heavy atom. The van der Waals surface area contributed by atoms with Gasteiger partial charge in [-0.1, -0.05) is 0 Å². The molecule has 1 aliphatic rings. The summed E-state index contributed by atoms with van der Waals surface area (Å²) in [5, 5.41) is 13.4. The van der Waals surface area contributed by atoms with Crippen LogP contribution in [0.5, 0.6) is 0 Å². The summed E-state index contributed by atoms with van der Waals surface area (Å²) in [4.78, 5) is 0. The maximum absolute atomic E-state index is 10.1. The Kier molecular flexibility index (Phi) is 2.89. The molecule has 0 bridgehead atoms. The molecular weight excluding hydrogens is 176 g/mol. The van der Waals surface area contributed by atoms with Crippen molar-refractivity contribution >= 4 is 0 Å². The third-order valence-corrected chi connectivity index (χ3v) is 2.98. The highest BCUT2D eigenvalue weighted by atomic mass is 16.3. The average Bonchev–Trinajstić information content (AvgIpc) is 2.65. The van der Waals surface area contributed by atoms with Gasteiger partial charge in [-0.3, -0.25) is 0 Å². The van der Waals surface area contributed by atoms with Crippen LogP contribution in [-0.2, 0) is 7.05 Å². The van der Waals surface area contributed by atoms with Gasteiger partial charge in [0.15, 0.2) is 0 Å². The molecule has 1 saturated heterocycles. The SMILES string of the molecule is Cn1ccc(C(O)C2CCCNC2)c1. The van der Waals surface area contributed by atoms with E-state index in [2.05, 4.69) is 5.32 Å². The highest BCUT2D eigenvalue weighted by molar-refractivity contribution is 5.14. The van der Waals surface area contributed by atoms with E-state index in [0.717, 1.165) is 25.1 Å². The molecule has 1 fully saturated rings. The van der Waals surface area contributed by atoms with Crippen LogP contribution in [0.1, 0.15) is 24.5 Å². The summed E-state index contributed by atoms with van der Waals surface area (Å²) >= 11 is 0. The Labute approximate surface area is 84.7 Å². The van der Waals surface area contributed by atoms with Gasteiger partial charge in [0.1, 0.15) is 0 Å². The Morgan fingerprint density at radius 1 is 1.64 bits per heavy atom. The second-order valence-corrected chi connectivity index (χ2v) is 4.16. The second kappa shape index (κ2) is 4.15. The fourth-order valence-electron chi connectivity index (χ4n) is 2.12. The fourth-order valence-corrected chi connectivity index (χ4v) is 2.12. The van der Waals surface area contributed by atoms with Gasteiger partial charge < -0.3 is 15.0 Å². The highest BCUT2D eigenvalue weighted by Crippen LogP contribution is 2.26. The number of nitrogens with zero attached hydrogens (tertiary/aromatic N) is 1. The van der Waals surface area contributed by atoms with E-state index in [1.807, 2.05) is 30.1 Å². The fraction of sp³-hybridized carbons (Fsp3) is 0.636. The molecule has 0 aromatic carbocycles. The van der Waals surface area contributed by atoms with Gasteiger partial charge in [0, 0.05) is 31.9 Å². The highest BCUT2D eigenvalue weighted by Gasteiger charge is 2.23. The first-order valence-corrected chi connectivity index (χ1v) is 5.28. The molecule has 0 aliphatic carbocycles. The van der Waals surface area contributed by atoms with Gasteiger partial charge in [0.05, 0.1) is 6.10 Å². The Balaban J connectivity index is 2.03. The number of hydrogen-bond donors (Lipinski definition) is 2. The van der Waals surface area contributed by atoms with Crippen molar-refractivity contribution in [3.63, 3.8) is 0 Å². The molecule has 3 heteroatoms. The van der Waals surface area contributed by atoms with Crippen molar-refractivity contribution in [1.82, 2.24) is 9.88 Å². The molecule has 14 heavy (non-hydrogen) atoms. The summed E-state index contributed by atoms with van der Waals surface area (Å²) in [6, 6.07) is 2.00. The number of nitrogens with one attached hydrogen (secondary N) is 1.